The summed E-state index contributed by atoms with van der Waals surface area (Å²) in [5.41, 5.74) is 0.533. The van der Waals surface area contributed by atoms with Crippen molar-refractivity contribution in [2.24, 2.45) is 0 Å². The zero-order chi connectivity index (χ0) is 17.1. The second kappa shape index (κ2) is 6.61. The lowest BCUT2D eigenvalue weighted by molar-refractivity contribution is -0.384. The summed E-state index contributed by atoms with van der Waals surface area (Å²) >= 11 is 0. The summed E-state index contributed by atoms with van der Waals surface area (Å²) in [6.07, 6.45) is 1.46. The molecule has 1 aliphatic heterocycles. The molecule has 2 aromatic rings. The molecule has 8 nitrogen and oxygen atoms in total. The quantitative estimate of drug-likeness (QED) is 0.630. The number of ether oxygens (including phenoxy) is 1. The third-order valence-electron chi connectivity index (χ3n) is 4.02. The fourth-order valence-electron chi connectivity index (χ4n) is 2.75. The van der Waals surface area contributed by atoms with Crippen molar-refractivity contribution in [3.05, 3.63) is 52.5 Å². The Morgan fingerprint density at radius 2 is 2.00 bits per heavy atom. The van der Waals surface area contributed by atoms with Crippen molar-refractivity contribution >= 4 is 17.3 Å². The van der Waals surface area contributed by atoms with Gasteiger partial charge in [-0.2, -0.15) is 0 Å². The van der Waals surface area contributed by atoms with Gasteiger partial charge in [0.2, 0.25) is 0 Å². The predicted molar refractivity (Wildman–Crippen MR) is 86.5 cm³/mol. The average molecular weight is 331 g/mol. The Labute approximate surface area is 138 Å². The van der Waals surface area contributed by atoms with E-state index in [1.54, 1.807) is 29.2 Å². The van der Waals surface area contributed by atoms with E-state index in [1.807, 2.05) is 4.90 Å². The third-order valence-corrected chi connectivity index (χ3v) is 4.02. The molecule has 1 amide bonds. The molecular formula is C16H17N3O5. The van der Waals surface area contributed by atoms with Gasteiger partial charge in [0.15, 0.2) is 5.76 Å². The van der Waals surface area contributed by atoms with E-state index in [0.29, 0.717) is 43.4 Å². The van der Waals surface area contributed by atoms with Crippen LogP contribution in [0, 0.1) is 10.1 Å². The fraction of sp³-hybridized carbons (Fsp3) is 0.312. The van der Waals surface area contributed by atoms with E-state index < -0.39 is 4.92 Å². The minimum absolute atomic E-state index is 0.000149. The van der Waals surface area contributed by atoms with E-state index in [-0.39, 0.29) is 11.6 Å². The van der Waals surface area contributed by atoms with Gasteiger partial charge in [0.1, 0.15) is 11.4 Å². The van der Waals surface area contributed by atoms with Crippen LogP contribution in [0.5, 0.6) is 5.75 Å². The molecule has 1 saturated heterocycles. The molecule has 3 rings (SSSR count). The predicted octanol–water partition coefficient (Wildman–Crippen LogP) is 2.16. The number of piperazine rings is 1. The number of furan rings is 1. The number of carbonyl (C=O) groups is 1. The van der Waals surface area contributed by atoms with Gasteiger partial charge in [-0.05, 0) is 24.3 Å². The van der Waals surface area contributed by atoms with E-state index in [9.17, 15) is 14.9 Å². The number of benzene rings is 1. The summed E-state index contributed by atoms with van der Waals surface area (Å²) in [6.45, 7) is 1.98. The molecule has 24 heavy (non-hydrogen) atoms. The second-order valence-corrected chi connectivity index (χ2v) is 5.37. The fourth-order valence-corrected chi connectivity index (χ4v) is 2.75. The normalized spacial score (nSPS) is 14.5. The lowest BCUT2D eigenvalue weighted by Gasteiger charge is -2.35. The molecule has 2 heterocycles. The number of anilines is 1. The van der Waals surface area contributed by atoms with Gasteiger partial charge in [0, 0.05) is 26.2 Å². The van der Waals surface area contributed by atoms with Gasteiger partial charge in [0.25, 0.3) is 11.6 Å². The van der Waals surface area contributed by atoms with Gasteiger partial charge in [-0.25, -0.2) is 0 Å². The number of carbonyl (C=O) groups excluding carboxylic acids is 1. The molecule has 0 atom stereocenters. The number of nitro groups is 1. The molecule has 1 aromatic carbocycles. The highest BCUT2D eigenvalue weighted by molar-refractivity contribution is 5.91. The molecule has 0 N–H and O–H groups in total. The topological polar surface area (TPSA) is 89.1 Å². The molecule has 1 aliphatic rings. The summed E-state index contributed by atoms with van der Waals surface area (Å²) in [4.78, 5) is 26.7. The highest BCUT2D eigenvalue weighted by atomic mass is 16.6. The Balaban J connectivity index is 1.73. The smallest absolute Gasteiger partial charge is 0.296 e. The summed E-state index contributed by atoms with van der Waals surface area (Å²) in [6, 6.07) is 8.09. The largest absolute Gasteiger partial charge is 0.496 e. The molecule has 0 radical (unpaired) electrons. The molecule has 0 spiro atoms. The minimum Gasteiger partial charge on any atom is -0.496 e. The van der Waals surface area contributed by atoms with Crippen LogP contribution in [0.15, 0.2) is 41.0 Å². The molecule has 0 saturated carbocycles. The second-order valence-electron chi connectivity index (χ2n) is 5.37. The van der Waals surface area contributed by atoms with Gasteiger partial charge < -0.3 is 19.0 Å². The number of methoxy groups -OCH3 is 1. The summed E-state index contributed by atoms with van der Waals surface area (Å²) in [7, 11) is 1.47. The highest BCUT2D eigenvalue weighted by Gasteiger charge is 2.27. The van der Waals surface area contributed by atoms with Crippen LogP contribution in [0.1, 0.15) is 10.6 Å². The first-order valence-corrected chi connectivity index (χ1v) is 7.50. The molecular weight excluding hydrogens is 314 g/mol. The first-order chi connectivity index (χ1) is 11.6. The van der Waals surface area contributed by atoms with Crippen molar-refractivity contribution in [2.45, 2.75) is 0 Å². The van der Waals surface area contributed by atoms with Gasteiger partial charge in [-0.15, -0.1) is 0 Å². The van der Waals surface area contributed by atoms with Crippen molar-refractivity contribution in [2.75, 3.05) is 38.2 Å². The maximum atomic E-state index is 12.3. The van der Waals surface area contributed by atoms with Gasteiger partial charge in [-0.3, -0.25) is 14.9 Å². The van der Waals surface area contributed by atoms with E-state index >= 15 is 0 Å². The summed E-state index contributed by atoms with van der Waals surface area (Å²) < 4.78 is 10.2. The molecule has 1 fully saturated rings. The standard InChI is InChI=1S/C16H17N3O5/c1-23-12-4-5-13(14(11-12)19(21)22)17-6-8-18(9-7-17)16(20)15-3-2-10-24-15/h2-5,10-11H,6-9H2,1H3. The van der Waals surface area contributed by atoms with E-state index in [1.165, 1.54) is 19.4 Å². The highest BCUT2D eigenvalue weighted by Crippen LogP contribution is 2.32. The van der Waals surface area contributed by atoms with Gasteiger partial charge in [-0.1, -0.05) is 0 Å². The molecule has 1 aromatic heterocycles. The van der Waals surface area contributed by atoms with Crippen molar-refractivity contribution < 1.29 is 18.9 Å². The zero-order valence-corrected chi connectivity index (χ0v) is 13.2. The van der Waals surface area contributed by atoms with Crippen LogP contribution in [0.2, 0.25) is 0 Å². The van der Waals surface area contributed by atoms with Crippen LogP contribution in [-0.4, -0.2) is 49.0 Å². The maximum Gasteiger partial charge on any atom is 0.296 e. The first-order valence-electron chi connectivity index (χ1n) is 7.50. The monoisotopic (exact) mass is 331 g/mol. The van der Waals surface area contributed by atoms with E-state index in [4.69, 9.17) is 9.15 Å². The Morgan fingerprint density at radius 3 is 2.58 bits per heavy atom. The van der Waals surface area contributed by atoms with E-state index in [0.717, 1.165) is 0 Å². The zero-order valence-electron chi connectivity index (χ0n) is 13.2. The Kier molecular flexibility index (Phi) is 4.37. The van der Waals surface area contributed by atoms with Crippen LogP contribution in [0.4, 0.5) is 11.4 Å². The van der Waals surface area contributed by atoms with Crippen LogP contribution in [-0.2, 0) is 0 Å². The van der Waals surface area contributed by atoms with Crippen LogP contribution in [0.3, 0.4) is 0 Å². The Hall–Kier alpha value is -3.03. The number of nitro benzene ring substituents is 1. The first kappa shape index (κ1) is 15.9. The van der Waals surface area contributed by atoms with Crippen molar-refractivity contribution in [3.63, 3.8) is 0 Å². The SMILES string of the molecule is COc1ccc(N2CCN(C(=O)c3ccco3)CC2)c([N+](=O)[O-])c1. The van der Waals surface area contributed by atoms with Crippen molar-refractivity contribution in [3.8, 4) is 5.75 Å². The number of nitrogens with zero attached hydrogens (tertiary/aromatic N) is 3. The minimum atomic E-state index is -0.418. The van der Waals surface area contributed by atoms with Crippen LogP contribution >= 0.6 is 0 Å². The Morgan fingerprint density at radius 1 is 1.25 bits per heavy atom. The maximum absolute atomic E-state index is 12.3. The molecule has 8 heteroatoms. The summed E-state index contributed by atoms with van der Waals surface area (Å²) in [5.74, 6) is 0.583. The number of rotatable bonds is 4. The molecule has 0 unspecified atom stereocenters. The third kappa shape index (κ3) is 3.03. The van der Waals surface area contributed by atoms with Crippen LogP contribution < -0.4 is 9.64 Å². The Bertz CT molecular complexity index is 736. The van der Waals surface area contributed by atoms with Gasteiger partial charge >= 0.3 is 0 Å². The van der Waals surface area contributed by atoms with Gasteiger partial charge in [0.05, 0.1) is 24.4 Å². The number of hydrogen-bond donors (Lipinski definition) is 0. The lowest BCUT2D eigenvalue weighted by Crippen LogP contribution is -2.48. The summed E-state index contributed by atoms with van der Waals surface area (Å²) in [5, 5.41) is 11.3. The number of hydrogen-bond acceptors (Lipinski definition) is 6. The van der Waals surface area contributed by atoms with Crippen LogP contribution in [0.25, 0.3) is 0 Å². The number of amides is 1. The average Bonchev–Trinajstić information content (AvgIpc) is 3.15. The molecule has 126 valence electrons. The van der Waals surface area contributed by atoms with Crippen molar-refractivity contribution in [1.82, 2.24) is 4.90 Å². The lowest BCUT2D eigenvalue weighted by atomic mass is 10.2. The van der Waals surface area contributed by atoms with E-state index in [2.05, 4.69) is 0 Å². The molecule has 0 bridgehead atoms. The molecule has 0 aliphatic carbocycles. The van der Waals surface area contributed by atoms with Crippen molar-refractivity contribution in [1.29, 1.82) is 0 Å².